The number of fused-ring (bicyclic) bond motifs is 5. The molecule has 0 spiro atoms. The fourth-order valence-electron chi connectivity index (χ4n) is 2.21. The predicted octanol–water partition coefficient (Wildman–Crippen LogP) is 3.46. The lowest BCUT2D eigenvalue weighted by Gasteiger charge is -1.91. The van der Waals surface area contributed by atoms with Gasteiger partial charge in [0.15, 0.2) is 0 Å². The Bertz CT molecular complexity index is 810. The highest BCUT2D eigenvalue weighted by molar-refractivity contribution is 6.16. The van der Waals surface area contributed by atoms with Crippen LogP contribution in [0.4, 0.5) is 0 Å². The Kier molecular flexibility index (Phi) is 1.31. The van der Waals surface area contributed by atoms with Gasteiger partial charge in [-0.15, -0.1) is 0 Å². The molecule has 0 saturated heterocycles. The summed E-state index contributed by atoms with van der Waals surface area (Å²) >= 11 is 0. The quantitative estimate of drug-likeness (QED) is 0.480. The molecule has 16 heavy (non-hydrogen) atoms. The molecule has 0 fully saturated rings. The maximum Gasteiger partial charge on any atom is 0.228 e. The van der Waals surface area contributed by atoms with Crippen molar-refractivity contribution in [1.29, 1.82) is 0 Å². The first kappa shape index (κ1) is 7.93. The molecular formula is C13H8N2O. The zero-order valence-corrected chi connectivity index (χ0v) is 8.40. The maximum absolute atomic E-state index is 5.70. The third kappa shape index (κ3) is 0.852. The number of H-pyrrole nitrogens is 1. The predicted molar refractivity (Wildman–Crippen MR) is 63.4 cm³/mol. The van der Waals surface area contributed by atoms with Crippen molar-refractivity contribution in [2.75, 3.05) is 0 Å². The molecule has 3 aromatic heterocycles. The van der Waals surface area contributed by atoms with Crippen LogP contribution < -0.4 is 0 Å². The minimum absolute atomic E-state index is 0.702. The van der Waals surface area contributed by atoms with Crippen LogP contribution >= 0.6 is 0 Å². The van der Waals surface area contributed by atoms with E-state index in [-0.39, 0.29) is 0 Å². The molecule has 1 aromatic carbocycles. The van der Waals surface area contributed by atoms with Crippen molar-refractivity contribution < 1.29 is 4.42 Å². The summed E-state index contributed by atoms with van der Waals surface area (Å²) in [5, 5.41) is 3.37. The van der Waals surface area contributed by atoms with Crippen LogP contribution in [0.1, 0.15) is 0 Å². The molecule has 76 valence electrons. The van der Waals surface area contributed by atoms with Crippen LogP contribution in [0.25, 0.3) is 33.0 Å². The lowest BCUT2D eigenvalue weighted by atomic mass is 10.1. The Hall–Kier alpha value is -2.29. The zero-order chi connectivity index (χ0) is 10.5. The van der Waals surface area contributed by atoms with Crippen LogP contribution in [-0.4, -0.2) is 9.97 Å². The number of aromatic amines is 1. The van der Waals surface area contributed by atoms with Crippen molar-refractivity contribution in [3.8, 4) is 0 Å². The van der Waals surface area contributed by atoms with E-state index in [1.54, 1.807) is 6.20 Å². The molecule has 0 bridgehead atoms. The molecule has 0 radical (unpaired) electrons. The molecule has 0 atom stereocenters. The molecule has 0 aliphatic carbocycles. The zero-order valence-electron chi connectivity index (χ0n) is 8.40. The van der Waals surface area contributed by atoms with E-state index in [2.05, 4.69) is 22.1 Å². The molecular weight excluding hydrogens is 200 g/mol. The number of benzene rings is 1. The highest BCUT2D eigenvalue weighted by atomic mass is 16.3. The first-order valence-corrected chi connectivity index (χ1v) is 5.17. The number of hydrogen-bond donors (Lipinski definition) is 1. The number of para-hydroxylation sites is 1. The normalized spacial score (nSPS) is 11.8. The third-order valence-corrected chi connectivity index (χ3v) is 2.94. The molecule has 0 aliphatic rings. The summed E-state index contributed by atoms with van der Waals surface area (Å²) < 4.78 is 5.70. The first-order valence-electron chi connectivity index (χ1n) is 5.17. The van der Waals surface area contributed by atoms with E-state index in [1.165, 1.54) is 0 Å². The van der Waals surface area contributed by atoms with Gasteiger partial charge in [-0.2, -0.15) is 0 Å². The topological polar surface area (TPSA) is 41.8 Å². The molecule has 3 heterocycles. The second kappa shape index (κ2) is 2.64. The van der Waals surface area contributed by atoms with Gasteiger partial charge in [0, 0.05) is 17.0 Å². The smallest absolute Gasteiger partial charge is 0.228 e. The van der Waals surface area contributed by atoms with Gasteiger partial charge >= 0.3 is 0 Å². The number of nitrogens with one attached hydrogen (secondary N) is 1. The molecule has 0 aliphatic heterocycles. The summed E-state index contributed by atoms with van der Waals surface area (Å²) in [6, 6.07) is 10.1. The average molecular weight is 208 g/mol. The van der Waals surface area contributed by atoms with Crippen molar-refractivity contribution in [2.45, 2.75) is 0 Å². The van der Waals surface area contributed by atoms with Gasteiger partial charge in [0.2, 0.25) is 5.71 Å². The van der Waals surface area contributed by atoms with Crippen LogP contribution in [0, 0.1) is 0 Å². The van der Waals surface area contributed by atoms with Crippen LogP contribution in [0.3, 0.4) is 0 Å². The van der Waals surface area contributed by atoms with E-state index in [0.29, 0.717) is 5.71 Å². The highest BCUT2D eigenvalue weighted by Crippen LogP contribution is 2.32. The second-order valence-corrected chi connectivity index (χ2v) is 3.84. The fraction of sp³-hybridized carbons (Fsp3) is 0. The van der Waals surface area contributed by atoms with Crippen LogP contribution in [0.2, 0.25) is 0 Å². The Morgan fingerprint density at radius 3 is 3.00 bits per heavy atom. The Labute approximate surface area is 90.7 Å². The number of aromatic nitrogens is 2. The molecule has 1 N–H and O–H groups in total. The van der Waals surface area contributed by atoms with Crippen LogP contribution in [-0.2, 0) is 0 Å². The van der Waals surface area contributed by atoms with Gasteiger partial charge in [-0.05, 0) is 12.1 Å². The Morgan fingerprint density at radius 2 is 2.00 bits per heavy atom. The van der Waals surface area contributed by atoms with E-state index < -0.39 is 0 Å². The molecule has 3 heteroatoms. The largest absolute Gasteiger partial charge is 0.438 e. The van der Waals surface area contributed by atoms with E-state index in [0.717, 1.165) is 27.3 Å². The molecule has 0 unspecified atom stereocenters. The number of rotatable bonds is 0. The summed E-state index contributed by atoms with van der Waals surface area (Å²) in [5.74, 6) is 0. The van der Waals surface area contributed by atoms with Gasteiger partial charge < -0.3 is 9.40 Å². The molecule has 0 saturated carbocycles. The van der Waals surface area contributed by atoms with Gasteiger partial charge in [0.25, 0.3) is 0 Å². The van der Waals surface area contributed by atoms with Gasteiger partial charge in [-0.25, -0.2) is 4.98 Å². The fourth-order valence-corrected chi connectivity index (χ4v) is 2.21. The van der Waals surface area contributed by atoms with E-state index in [1.807, 2.05) is 24.4 Å². The number of pyridine rings is 1. The standard InChI is InChI=1S/C13H8N2O/c1-2-4-11-9(3-1)12-8-5-6-14-10(8)7-15-13(12)16-11/h1-7,14H. The van der Waals surface area contributed by atoms with Gasteiger partial charge in [0.05, 0.1) is 17.1 Å². The lowest BCUT2D eigenvalue weighted by Crippen LogP contribution is -1.74. The van der Waals surface area contributed by atoms with E-state index in [9.17, 15) is 0 Å². The van der Waals surface area contributed by atoms with Gasteiger partial charge in [0.1, 0.15) is 5.58 Å². The monoisotopic (exact) mass is 208 g/mol. The van der Waals surface area contributed by atoms with E-state index >= 15 is 0 Å². The van der Waals surface area contributed by atoms with Crippen molar-refractivity contribution in [3.05, 3.63) is 42.7 Å². The SMILES string of the molecule is c1ccc2c(c1)oc1ncc3[nH]ccc3c12. The first-order chi connectivity index (χ1) is 7.93. The molecule has 3 nitrogen and oxygen atoms in total. The third-order valence-electron chi connectivity index (χ3n) is 2.94. The van der Waals surface area contributed by atoms with Crippen molar-refractivity contribution >= 4 is 33.0 Å². The minimum Gasteiger partial charge on any atom is -0.438 e. The summed E-state index contributed by atoms with van der Waals surface area (Å²) in [6.07, 6.45) is 3.73. The summed E-state index contributed by atoms with van der Waals surface area (Å²) in [6.45, 7) is 0. The lowest BCUT2D eigenvalue weighted by molar-refractivity contribution is 0.654. The summed E-state index contributed by atoms with van der Waals surface area (Å²) in [5.41, 5.74) is 2.63. The van der Waals surface area contributed by atoms with Gasteiger partial charge in [-0.3, -0.25) is 0 Å². The maximum atomic E-state index is 5.70. The molecule has 4 rings (SSSR count). The summed E-state index contributed by atoms with van der Waals surface area (Å²) in [7, 11) is 0. The van der Waals surface area contributed by atoms with Crippen molar-refractivity contribution in [2.24, 2.45) is 0 Å². The van der Waals surface area contributed by atoms with Crippen LogP contribution in [0.5, 0.6) is 0 Å². The van der Waals surface area contributed by atoms with Crippen molar-refractivity contribution in [1.82, 2.24) is 9.97 Å². The average Bonchev–Trinajstić information content (AvgIpc) is 2.91. The summed E-state index contributed by atoms with van der Waals surface area (Å²) in [4.78, 5) is 7.48. The number of nitrogens with zero attached hydrogens (tertiary/aromatic N) is 1. The van der Waals surface area contributed by atoms with E-state index in [4.69, 9.17) is 4.42 Å². The Morgan fingerprint density at radius 1 is 1.06 bits per heavy atom. The second-order valence-electron chi connectivity index (χ2n) is 3.84. The molecule has 4 aromatic rings. The number of furan rings is 1. The Balaban J connectivity index is 2.42. The van der Waals surface area contributed by atoms with Crippen molar-refractivity contribution in [3.63, 3.8) is 0 Å². The number of hydrogen-bond acceptors (Lipinski definition) is 2. The molecule has 0 amide bonds. The highest BCUT2D eigenvalue weighted by Gasteiger charge is 2.10. The van der Waals surface area contributed by atoms with Crippen LogP contribution in [0.15, 0.2) is 47.1 Å². The minimum atomic E-state index is 0.702. The van der Waals surface area contributed by atoms with Gasteiger partial charge in [-0.1, -0.05) is 18.2 Å².